The van der Waals surface area contributed by atoms with Crippen molar-refractivity contribution in [1.29, 1.82) is 0 Å². The van der Waals surface area contributed by atoms with Crippen molar-refractivity contribution in [2.45, 2.75) is 38.6 Å². The maximum atomic E-state index is 12.4. The van der Waals surface area contributed by atoms with Gasteiger partial charge in [0.05, 0.1) is 0 Å². The highest BCUT2D eigenvalue weighted by Crippen LogP contribution is 2.33. The molecule has 1 unspecified atom stereocenters. The standard InChI is InChI=1S/C15H20N2O3/c1-3-15(13(18)19)8-5-9-17(15)14(20)16-12-7-4-6-11(2)10-12/h4,6-7,10H,3,5,8-9H2,1-2H3,(H,16,20)(H,18,19). The van der Waals surface area contributed by atoms with E-state index in [1.807, 2.05) is 32.0 Å². The number of hydrogen-bond donors (Lipinski definition) is 2. The number of benzene rings is 1. The number of nitrogens with zero attached hydrogens (tertiary/aromatic N) is 1. The van der Waals surface area contributed by atoms with E-state index in [-0.39, 0.29) is 6.03 Å². The zero-order chi connectivity index (χ0) is 14.8. The minimum absolute atomic E-state index is 0.336. The fourth-order valence-electron chi connectivity index (χ4n) is 2.83. The fourth-order valence-corrected chi connectivity index (χ4v) is 2.83. The molecule has 5 heteroatoms. The second-order valence-electron chi connectivity index (χ2n) is 5.25. The minimum atomic E-state index is -1.06. The summed E-state index contributed by atoms with van der Waals surface area (Å²) in [4.78, 5) is 25.4. The first-order chi connectivity index (χ1) is 9.49. The number of carbonyl (C=O) groups is 2. The maximum absolute atomic E-state index is 12.4. The summed E-state index contributed by atoms with van der Waals surface area (Å²) >= 11 is 0. The molecule has 20 heavy (non-hydrogen) atoms. The molecule has 0 radical (unpaired) electrons. The van der Waals surface area contributed by atoms with Crippen LogP contribution >= 0.6 is 0 Å². The number of carboxylic acids is 1. The summed E-state index contributed by atoms with van der Waals surface area (Å²) in [6.45, 7) is 4.24. The summed E-state index contributed by atoms with van der Waals surface area (Å²) in [6.07, 6.45) is 1.66. The molecule has 1 saturated heterocycles. The van der Waals surface area contributed by atoms with Gasteiger partial charge in [-0.05, 0) is 43.9 Å². The van der Waals surface area contributed by atoms with E-state index in [1.165, 1.54) is 4.90 Å². The molecule has 5 nitrogen and oxygen atoms in total. The molecular weight excluding hydrogens is 256 g/mol. The molecule has 1 aliphatic heterocycles. The van der Waals surface area contributed by atoms with E-state index in [0.29, 0.717) is 25.1 Å². The van der Waals surface area contributed by atoms with Crippen LogP contribution in [0.1, 0.15) is 31.7 Å². The predicted molar refractivity (Wildman–Crippen MR) is 76.8 cm³/mol. The lowest BCUT2D eigenvalue weighted by atomic mass is 9.93. The van der Waals surface area contributed by atoms with Crippen LogP contribution in [0.2, 0.25) is 0 Å². The lowest BCUT2D eigenvalue weighted by Crippen LogP contribution is -2.54. The van der Waals surface area contributed by atoms with Gasteiger partial charge in [-0.25, -0.2) is 9.59 Å². The van der Waals surface area contributed by atoms with E-state index >= 15 is 0 Å². The predicted octanol–water partition coefficient (Wildman–Crippen LogP) is 2.86. The number of amides is 2. The second kappa shape index (κ2) is 5.53. The van der Waals surface area contributed by atoms with Crippen molar-refractivity contribution in [2.24, 2.45) is 0 Å². The number of rotatable bonds is 3. The molecule has 2 amide bonds. The molecule has 0 spiro atoms. The van der Waals surface area contributed by atoms with Gasteiger partial charge in [-0.15, -0.1) is 0 Å². The molecule has 1 atom stereocenters. The molecule has 0 aromatic heterocycles. The van der Waals surface area contributed by atoms with Crippen LogP contribution in [0.5, 0.6) is 0 Å². The first-order valence-corrected chi connectivity index (χ1v) is 6.88. The van der Waals surface area contributed by atoms with Crippen molar-refractivity contribution in [1.82, 2.24) is 4.90 Å². The molecular formula is C15H20N2O3. The van der Waals surface area contributed by atoms with E-state index in [1.54, 1.807) is 6.07 Å². The zero-order valence-corrected chi connectivity index (χ0v) is 11.8. The third-order valence-corrected chi connectivity index (χ3v) is 3.99. The Hall–Kier alpha value is -2.04. The molecule has 2 rings (SSSR count). The maximum Gasteiger partial charge on any atom is 0.329 e. The zero-order valence-electron chi connectivity index (χ0n) is 11.8. The monoisotopic (exact) mass is 276 g/mol. The first-order valence-electron chi connectivity index (χ1n) is 6.88. The first kappa shape index (κ1) is 14.4. The van der Waals surface area contributed by atoms with Gasteiger partial charge in [0.1, 0.15) is 5.54 Å². The molecule has 1 heterocycles. The van der Waals surface area contributed by atoms with Gasteiger partial charge < -0.3 is 15.3 Å². The SMILES string of the molecule is CCC1(C(=O)O)CCCN1C(=O)Nc1cccc(C)c1. The van der Waals surface area contributed by atoms with Gasteiger partial charge in [0, 0.05) is 12.2 Å². The number of urea groups is 1. The highest BCUT2D eigenvalue weighted by atomic mass is 16.4. The Morgan fingerprint density at radius 3 is 2.80 bits per heavy atom. The van der Waals surface area contributed by atoms with Crippen molar-refractivity contribution in [2.75, 3.05) is 11.9 Å². The second-order valence-corrected chi connectivity index (χ2v) is 5.25. The average molecular weight is 276 g/mol. The number of aliphatic carboxylic acids is 1. The fraction of sp³-hybridized carbons (Fsp3) is 0.467. The molecule has 108 valence electrons. The summed E-state index contributed by atoms with van der Waals surface area (Å²) in [5, 5.41) is 12.3. The molecule has 1 aromatic carbocycles. The van der Waals surface area contributed by atoms with Gasteiger partial charge in [0.2, 0.25) is 0 Å². The van der Waals surface area contributed by atoms with Crippen LogP contribution in [0, 0.1) is 6.92 Å². The number of likely N-dealkylation sites (tertiary alicyclic amines) is 1. The Balaban J connectivity index is 2.18. The number of anilines is 1. The topological polar surface area (TPSA) is 69.6 Å². The number of hydrogen-bond acceptors (Lipinski definition) is 2. The van der Waals surface area contributed by atoms with E-state index in [4.69, 9.17) is 0 Å². The Morgan fingerprint density at radius 1 is 1.45 bits per heavy atom. The summed E-state index contributed by atoms with van der Waals surface area (Å²) in [6, 6.07) is 7.13. The normalized spacial score (nSPS) is 21.8. The largest absolute Gasteiger partial charge is 0.479 e. The van der Waals surface area contributed by atoms with Gasteiger partial charge in [-0.2, -0.15) is 0 Å². The minimum Gasteiger partial charge on any atom is -0.479 e. The molecule has 0 aliphatic carbocycles. The molecule has 0 saturated carbocycles. The Morgan fingerprint density at radius 2 is 2.20 bits per heavy atom. The van der Waals surface area contributed by atoms with E-state index in [0.717, 1.165) is 12.0 Å². The van der Waals surface area contributed by atoms with Gasteiger partial charge in [0.25, 0.3) is 0 Å². The lowest BCUT2D eigenvalue weighted by molar-refractivity contribution is -0.148. The highest BCUT2D eigenvalue weighted by Gasteiger charge is 2.48. The lowest BCUT2D eigenvalue weighted by Gasteiger charge is -2.33. The van der Waals surface area contributed by atoms with Gasteiger partial charge >= 0.3 is 12.0 Å². The molecule has 2 N–H and O–H groups in total. The summed E-state index contributed by atoms with van der Waals surface area (Å²) < 4.78 is 0. The van der Waals surface area contributed by atoms with Crippen LogP contribution in [0.15, 0.2) is 24.3 Å². The highest BCUT2D eigenvalue weighted by molar-refractivity contribution is 5.94. The molecule has 1 aliphatic rings. The van der Waals surface area contributed by atoms with Crippen LogP contribution < -0.4 is 5.32 Å². The Kier molecular flexibility index (Phi) is 3.97. The molecule has 0 bridgehead atoms. The van der Waals surface area contributed by atoms with Gasteiger partial charge in [-0.1, -0.05) is 19.1 Å². The van der Waals surface area contributed by atoms with Crippen molar-refractivity contribution in [3.63, 3.8) is 0 Å². The molecule has 1 aromatic rings. The summed E-state index contributed by atoms with van der Waals surface area (Å²) in [7, 11) is 0. The van der Waals surface area contributed by atoms with E-state index < -0.39 is 11.5 Å². The van der Waals surface area contributed by atoms with Gasteiger partial charge in [0.15, 0.2) is 0 Å². The van der Waals surface area contributed by atoms with Crippen LogP contribution in [-0.2, 0) is 4.79 Å². The van der Waals surface area contributed by atoms with E-state index in [9.17, 15) is 14.7 Å². The van der Waals surface area contributed by atoms with E-state index in [2.05, 4.69) is 5.32 Å². The van der Waals surface area contributed by atoms with Crippen molar-refractivity contribution < 1.29 is 14.7 Å². The number of aryl methyl sites for hydroxylation is 1. The third-order valence-electron chi connectivity index (χ3n) is 3.99. The van der Waals surface area contributed by atoms with Crippen molar-refractivity contribution >= 4 is 17.7 Å². The van der Waals surface area contributed by atoms with Gasteiger partial charge in [-0.3, -0.25) is 0 Å². The average Bonchev–Trinajstić information content (AvgIpc) is 2.83. The Bertz CT molecular complexity index is 530. The quantitative estimate of drug-likeness (QED) is 0.891. The van der Waals surface area contributed by atoms with Crippen LogP contribution in [0.4, 0.5) is 10.5 Å². The Labute approximate surface area is 118 Å². The number of nitrogens with one attached hydrogen (secondary N) is 1. The summed E-state index contributed by atoms with van der Waals surface area (Å²) in [5.41, 5.74) is 0.676. The third kappa shape index (κ3) is 2.48. The molecule has 1 fully saturated rings. The van der Waals surface area contributed by atoms with Crippen molar-refractivity contribution in [3.8, 4) is 0 Å². The van der Waals surface area contributed by atoms with Crippen LogP contribution in [0.25, 0.3) is 0 Å². The summed E-state index contributed by atoms with van der Waals surface area (Å²) in [5.74, 6) is -0.920. The smallest absolute Gasteiger partial charge is 0.329 e. The van der Waals surface area contributed by atoms with Crippen LogP contribution in [-0.4, -0.2) is 34.1 Å². The number of carboxylic acid groups (broad SMARTS) is 1. The number of carbonyl (C=O) groups excluding carboxylic acids is 1. The van der Waals surface area contributed by atoms with Crippen molar-refractivity contribution in [3.05, 3.63) is 29.8 Å². The van der Waals surface area contributed by atoms with Crippen LogP contribution in [0.3, 0.4) is 0 Å².